The highest BCUT2D eigenvalue weighted by atomic mass is 32.2. The Morgan fingerprint density at radius 2 is 1.87 bits per heavy atom. The van der Waals surface area contributed by atoms with Crippen molar-refractivity contribution in [3.05, 3.63) is 60.2 Å². The van der Waals surface area contributed by atoms with Gasteiger partial charge in [-0.1, -0.05) is 36.4 Å². The molecule has 3 rings (SSSR count). The zero-order valence-corrected chi connectivity index (χ0v) is 13.4. The molecule has 0 spiro atoms. The first-order chi connectivity index (χ1) is 11.2. The van der Waals surface area contributed by atoms with E-state index in [-0.39, 0.29) is 22.8 Å². The maximum absolute atomic E-state index is 12.3. The van der Waals surface area contributed by atoms with Crippen LogP contribution in [0.3, 0.4) is 0 Å². The average molecular weight is 326 g/mol. The zero-order chi connectivity index (χ0) is 16.1. The van der Waals surface area contributed by atoms with Crippen molar-refractivity contribution in [3.63, 3.8) is 0 Å². The maximum Gasteiger partial charge on any atom is 0.237 e. The number of hydrogen-bond donors (Lipinski definition) is 2. The van der Waals surface area contributed by atoms with E-state index >= 15 is 0 Å². The molecule has 2 aromatic carbocycles. The average Bonchev–Trinajstić information content (AvgIpc) is 2.72. The third-order valence-corrected chi connectivity index (χ3v) is 5.00. The van der Waals surface area contributed by atoms with Gasteiger partial charge in [-0.2, -0.15) is 0 Å². The van der Waals surface area contributed by atoms with Crippen LogP contribution in [-0.4, -0.2) is 22.8 Å². The minimum absolute atomic E-state index is 0.0209. The van der Waals surface area contributed by atoms with Crippen molar-refractivity contribution >= 4 is 35.0 Å². The van der Waals surface area contributed by atoms with E-state index in [2.05, 4.69) is 10.6 Å². The molecule has 0 aromatic heterocycles. The molecule has 4 nitrogen and oxygen atoms in total. The predicted octanol–water partition coefficient (Wildman–Crippen LogP) is 3.31. The van der Waals surface area contributed by atoms with Gasteiger partial charge in [0.15, 0.2) is 0 Å². The molecule has 0 saturated heterocycles. The van der Waals surface area contributed by atoms with Gasteiger partial charge in [-0.3, -0.25) is 9.59 Å². The molecule has 2 amide bonds. The Balaban J connectivity index is 1.54. The van der Waals surface area contributed by atoms with Gasteiger partial charge in [0.25, 0.3) is 0 Å². The second-order valence-electron chi connectivity index (χ2n) is 5.40. The first kappa shape index (κ1) is 15.6. The van der Waals surface area contributed by atoms with E-state index in [0.717, 1.165) is 29.8 Å². The number of thioether (sulfide) groups is 1. The summed E-state index contributed by atoms with van der Waals surface area (Å²) in [6, 6.07) is 17.2. The molecule has 1 unspecified atom stereocenters. The minimum Gasteiger partial charge on any atom is -0.325 e. The topological polar surface area (TPSA) is 58.2 Å². The molecule has 1 atom stereocenters. The molecule has 1 heterocycles. The van der Waals surface area contributed by atoms with E-state index in [0.29, 0.717) is 0 Å². The fraction of sp³-hybridized carbons (Fsp3) is 0.222. The molecule has 118 valence electrons. The number of amides is 2. The Bertz CT molecular complexity index is 703. The predicted molar refractivity (Wildman–Crippen MR) is 94.7 cm³/mol. The van der Waals surface area contributed by atoms with Crippen LogP contribution in [0.1, 0.15) is 12.0 Å². The largest absolute Gasteiger partial charge is 0.325 e. The zero-order valence-electron chi connectivity index (χ0n) is 12.6. The number of rotatable bonds is 4. The Morgan fingerprint density at radius 3 is 2.70 bits per heavy atom. The summed E-state index contributed by atoms with van der Waals surface area (Å²) in [5.74, 6) is 0.159. The van der Waals surface area contributed by atoms with Crippen molar-refractivity contribution in [3.8, 4) is 0 Å². The summed E-state index contributed by atoms with van der Waals surface area (Å²) in [6.07, 6.45) is 1.58. The molecule has 0 saturated carbocycles. The van der Waals surface area contributed by atoms with Gasteiger partial charge in [0.2, 0.25) is 11.8 Å². The van der Waals surface area contributed by atoms with E-state index in [1.807, 2.05) is 54.6 Å². The molecule has 2 aromatic rings. The van der Waals surface area contributed by atoms with Crippen molar-refractivity contribution < 1.29 is 9.59 Å². The smallest absolute Gasteiger partial charge is 0.237 e. The quantitative estimate of drug-likeness (QED) is 0.906. The van der Waals surface area contributed by atoms with Crippen LogP contribution in [-0.2, 0) is 16.0 Å². The van der Waals surface area contributed by atoms with E-state index in [4.69, 9.17) is 0 Å². The SMILES string of the molecule is O=C(CSC1CCc2ccccc2NC1=O)Nc1ccccc1. The molecule has 23 heavy (non-hydrogen) atoms. The number of hydrogen-bond acceptors (Lipinski definition) is 3. The van der Waals surface area contributed by atoms with Crippen LogP contribution < -0.4 is 10.6 Å². The van der Waals surface area contributed by atoms with Crippen LogP contribution in [0.5, 0.6) is 0 Å². The van der Waals surface area contributed by atoms with E-state index in [1.54, 1.807) is 0 Å². The summed E-state index contributed by atoms with van der Waals surface area (Å²) in [5, 5.41) is 5.59. The number of nitrogens with one attached hydrogen (secondary N) is 2. The Hall–Kier alpha value is -2.27. The van der Waals surface area contributed by atoms with Gasteiger partial charge in [0.05, 0.1) is 11.0 Å². The van der Waals surface area contributed by atoms with Gasteiger partial charge in [-0.15, -0.1) is 11.8 Å². The summed E-state index contributed by atoms with van der Waals surface area (Å²) in [6.45, 7) is 0. The minimum atomic E-state index is -0.205. The van der Waals surface area contributed by atoms with Crippen molar-refractivity contribution in [2.24, 2.45) is 0 Å². The van der Waals surface area contributed by atoms with Gasteiger partial charge in [-0.25, -0.2) is 0 Å². The molecule has 2 N–H and O–H groups in total. The second kappa shape index (κ2) is 7.33. The Morgan fingerprint density at radius 1 is 1.13 bits per heavy atom. The van der Waals surface area contributed by atoms with E-state index in [1.165, 1.54) is 11.8 Å². The first-order valence-corrected chi connectivity index (χ1v) is 8.62. The van der Waals surface area contributed by atoms with Crippen molar-refractivity contribution in [2.45, 2.75) is 18.1 Å². The number of para-hydroxylation sites is 2. The van der Waals surface area contributed by atoms with Gasteiger partial charge in [0, 0.05) is 11.4 Å². The monoisotopic (exact) mass is 326 g/mol. The Labute approximate surface area is 139 Å². The number of fused-ring (bicyclic) bond motifs is 1. The van der Waals surface area contributed by atoms with Crippen LogP contribution in [0.2, 0.25) is 0 Å². The second-order valence-corrected chi connectivity index (χ2v) is 6.59. The van der Waals surface area contributed by atoms with Gasteiger partial charge in [0.1, 0.15) is 0 Å². The van der Waals surface area contributed by atoms with Gasteiger partial charge in [-0.05, 0) is 36.6 Å². The van der Waals surface area contributed by atoms with E-state index in [9.17, 15) is 9.59 Å². The number of benzene rings is 2. The fourth-order valence-corrected chi connectivity index (χ4v) is 3.46. The Kier molecular flexibility index (Phi) is 4.98. The van der Waals surface area contributed by atoms with Crippen LogP contribution in [0, 0.1) is 0 Å². The lowest BCUT2D eigenvalue weighted by Crippen LogP contribution is -2.26. The highest BCUT2D eigenvalue weighted by Gasteiger charge is 2.24. The lowest BCUT2D eigenvalue weighted by molar-refractivity contribution is -0.115. The summed E-state index contributed by atoms with van der Waals surface area (Å²) >= 11 is 1.39. The highest BCUT2D eigenvalue weighted by Crippen LogP contribution is 2.27. The first-order valence-electron chi connectivity index (χ1n) is 7.57. The van der Waals surface area contributed by atoms with Crippen LogP contribution >= 0.6 is 11.8 Å². The lowest BCUT2D eigenvalue weighted by atomic mass is 10.1. The summed E-state index contributed by atoms with van der Waals surface area (Å²) < 4.78 is 0. The number of anilines is 2. The van der Waals surface area contributed by atoms with Crippen molar-refractivity contribution in [2.75, 3.05) is 16.4 Å². The normalized spacial score (nSPS) is 16.9. The summed E-state index contributed by atoms with van der Waals surface area (Å²) in [4.78, 5) is 24.3. The molecule has 1 aliphatic rings. The van der Waals surface area contributed by atoms with Crippen molar-refractivity contribution in [1.29, 1.82) is 0 Å². The number of carbonyl (C=O) groups is 2. The molecular weight excluding hydrogens is 308 g/mol. The molecular formula is C18H18N2O2S. The highest BCUT2D eigenvalue weighted by molar-refractivity contribution is 8.01. The third-order valence-electron chi connectivity index (χ3n) is 3.72. The molecule has 0 radical (unpaired) electrons. The van der Waals surface area contributed by atoms with Crippen LogP contribution in [0.15, 0.2) is 54.6 Å². The van der Waals surface area contributed by atoms with Gasteiger partial charge < -0.3 is 10.6 Å². The lowest BCUT2D eigenvalue weighted by Gasteiger charge is -2.12. The van der Waals surface area contributed by atoms with Gasteiger partial charge >= 0.3 is 0 Å². The molecule has 0 fully saturated rings. The molecule has 5 heteroatoms. The van der Waals surface area contributed by atoms with Crippen LogP contribution in [0.25, 0.3) is 0 Å². The van der Waals surface area contributed by atoms with E-state index < -0.39 is 0 Å². The molecule has 0 bridgehead atoms. The fourth-order valence-electron chi connectivity index (χ4n) is 2.55. The van der Waals surface area contributed by atoms with Crippen LogP contribution in [0.4, 0.5) is 11.4 Å². The third kappa shape index (κ3) is 4.13. The standard InChI is InChI=1S/C18H18N2O2S/c21-17(19-14-7-2-1-3-8-14)12-23-16-11-10-13-6-4-5-9-15(13)20-18(16)22/h1-9,16H,10-12H2,(H,19,21)(H,20,22). The summed E-state index contributed by atoms with van der Waals surface area (Å²) in [7, 11) is 0. The number of aryl methyl sites for hydroxylation is 1. The molecule has 0 aliphatic carbocycles. The summed E-state index contributed by atoms with van der Waals surface area (Å²) in [5.41, 5.74) is 2.81. The molecule has 1 aliphatic heterocycles. The number of carbonyl (C=O) groups excluding carboxylic acids is 2. The maximum atomic E-state index is 12.3. The van der Waals surface area contributed by atoms with Crippen molar-refractivity contribution in [1.82, 2.24) is 0 Å².